The van der Waals surface area contributed by atoms with Crippen molar-refractivity contribution in [1.82, 2.24) is 0 Å². The lowest BCUT2D eigenvalue weighted by Crippen LogP contribution is -2.27. The average Bonchev–Trinajstić information content (AvgIpc) is 2.61. The summed E-state index contributed by atoms with van der Waals surface area (Å²) >= 11 is 0. The summed E-state index contributed by atoms with van der Waals surface area (Å²) in [4.78, 5) is 13.7. The van der Waals surface area contributed by atoms with E-state index in [-0.39, 0.29) is 12.5 Å². The molecule has 4 nitrogen and oxygen atoms in total. The zero-order chi connectivity index (χ0) is 18.6. The van der Waals surface area contributed by atoms with Gasteiger partial charge in [0.05, 0.1) is 12.3 Å². The molecule has 0 fully saturated rings. The van der Waals surface area contributed by atoms with Crippen LogP contribution < -0.4 is 9.64 Å². The van der Waals surface area contributed by atoms with Gasteiger partial charge in [0.2, 0.25) is 5.91 Å². The van der Waals surface area contributed by atoms with Gasteiger partial charge < -0.3 is 14.7 Å². The second-order valence-corrected chi connectivity index (χ2v) is 6.37. The fourth-order valence-corrected chi connectivity index (χ4v) is 2.86. The second-order valence-electron chi connectivity index (χ2n) is 6.37. The molecule has 4 heteroatoms. The van der Waals surface area contributed by atoms with E-state index in [1.54, 1.807) is 11.9 Å². The van der Waals surface area contributed by atoms with Gasteiger partial charge >= 0.3 is 0 Å². The first-order valence-electron chi connectivity index (χ1n) is 8.57. The molecule has 1 amide bonds. The highest BCUT2D eigenvalue weighted by Gasteiger charge is 2.16. The molecule has 0 atom stereocenters. The average molecular weight is 341 g/mol. The molecule has 0 spiro atoms. The van der Waals surface area contributed by atoms with Crippen LogP contribution in [0.2, 0.25) is 0 Å². The Morgan fingerprint density at radius 2 is 1.80 bits per heavy atom. The van der Waals surface area contributed by atoms with Crippen molar-refractivity contribution in [3.63, 3.8) is 0 Å². The fraction of sp³-hybridized carbons (Fsp3) is 0.381. The lowest BCUT2D eigenvalue weighted by Gasteiger charge is -2.23. The highest BCUT2D eigenvalue weighted by molar-refractivity contribution is 5.93. The predicted octanol–water partition coefficient (Wildman–Crippen LogP) is 4.06. The van der Waals surface area contributed by atoms with E-state index in [0.29, 0.717) is 13.0 Å². The number of hydrogen-bond acceptors (Lipinski definition) is 3. The molecule has 0 saturated carbocycles. The van der Waals surface area contributed by atoms with Crippen LogP contribution in [0.4, 0.5) is 5.69 Å². The van der Waals surface area contributed by atoms with Gasteiger partial charge in [0.1, 0.15) is 12.4 Å². The Morgan fingerprint density at radius 1 is 1.12 bits per heavy atom. The molecule has 1 N–H and O–H groups in total. The van der Waals surface area contributed by atoms with Crippen LogP contribution in [-0.4, -0.2) is 18.1 Å². The molecule has 0 aliphatic heterocycles. The molecule has 2 aromatic rings. The molecule has 0 saturated heterocycles. The number of rotatable bonds is 6. The van der Waals surface area contributed by atoms with E-state index in [1.807, 2.05) is 38.1 Å². The minimum Gasteiger partial charge on any atom is -0.489 e. The summed E-state index contributed by atoms with van der Waals surface area (Å²) in [5.74, 6) is 0.852. The van der Waals surface area contributed by atoms with Crippen molar-refractivity contribution in [1.29, 1.82) is 0 Å². The highest BCUT2D eigenvalue weighted by atomic mass is 16.5. The van der Waals surface area contributed by atoms with E-state index < -0.39 is 0 Å². The lowest BCUT2D eigenvalue weighted by atomic mass is 10.0. The van der Waals surface area contributed by atoms with Crippen molar-refractivity contribution in [2.75, 3.05) is 11.9 Å². The van der Waals surface area contributed by atoms with Gasteiger partial charge in [-0.15, -0.1) is 0 Å². The molecule has 25 heavy (non-hydrogen) atoms. The van der Waals surface area contributed by atoms with Crippen LogP contribution in [0.25, 0.3) is 0 Å². The van der Waals surface area contributed by atoms with Crippen LogP contribution in [0.3, 0.4) is 0 Å². The first-order chi connectivity index (χ1) is 11.9. The number of hydrogen-bond donors (Lipinski definition) is 1. The fourth-order valence-electron chi connectivity index (χ4n) is 2.86. The number of aliphatic hydroxyl groups is 1. The Kier molecular flexibility index (Phi) is 6.21. The summed E-state index contributed by atoms with van der Waals surface area (Å²) in [6.07, 6.45) is 0.427. The van der Waals surface area contributed by atoms with Crippen molar-refractivity contribution in [2.45, 2.75) is 47.3 Å². The van der Waals surface area contributed by atoms with Crippen LogP contribution in [-0.2, 0) is 18.0 Å². The second kappa shape index (κ2) is 8.17. The van der Waals surface area contributed by atoms with Gasteiger partial charge in [0.25, 0.3) is 0 Å². The largest absolute Gasteiger partial charge is 0.489 e. The van der Waals surface area contributed by atoms with Gasteiger partial charge in [0, 0.05) is 19.0 Å². The third-order valence-electron chi connectivity index (χ3n) is 4.62. The molecule has 134 valence electrons. The van der Waals surface area contributed by atoms with Gasteiger partial charge in [-0.05, 0) is 55.2 Å². The SMILES string of the molecule is CCC(=O)N(C)c1cccc(CO)c1COc1cc(C)c(C)cc1C. The van der Waals surface area contributed by atoms with Gasteiger partial charge in [-0.25, -0.2) is 0 Å². The monoisotopic (exact) mass is 341 g/mol. The molecule has 0 heterocycles. The van der Waals surface area contributed by atoms with Gasteiger partial charge in [-0.1, -0.05) is 25.1 Å². The molecule has 2 rings (SSSR count). The number of carbonyl (C=O) groups excluding carboxylic acids is 1. The Balaban J connectivity index is 2.35. The van der Waals surface area contributed by atoms with E-state index in [9.17, 15) is 9.90 Å². The summed E-state index contributed by atoms with van der Waals surface area (Å²) in [6, 6.07) is 9.74. The number of amides is 1. The zero-order valence-electron chi connectivity index (χ0n) is 15.7. The minimum atomic E-state index is -0.0907. The number of ether oxygens (including phenoxy) is 1. The Bertz CT molecular complexity index is 768. The summed E-state index contributed by atoms with van der Waals surface area (Å²) < 4.78 is 6.06. The normalized spacial score (nSPS) is 10.6. The first-order valence-corrected chi connectivity index (χ1v) is 8.57. The number of carbonyl (C=O) groups is 1. The maximum absolute atomic E-state index is 12.1. The quantitative estimate of drug-likeness (QED) is 0.862. The number of benzene rings is 2. The van der Waals surface area contributed by atoms with Crippen molar-refractivity contribution in [2.24, 2.45) is 0 Å². The Hall–Kier alpha value is -2.33. The van der Waals surface area contributed by atoms with Gasteiger partial charge in [-0.2, -0.15) is 0 Å². The van der Waals surface area contributed by atoms with Gasteiger partial charge in [-0.3, -0.25) is 4.79 Å². The topological polar surface area (TPSA) is 49.8 Å². The standard InChI is InChI=1S/C21H27NO3/c1-6-21(24)22(5)19-9-7-8-17(12-23)18(19)13-25-20-11-15(3)14(2)10-16(20)4/h7-11,23H,6,12-13H2,1-5H3. The van der Waals surface area contributed by atoms with Crippen LogP contribution in [0.5, 0.6) is 5.75 Å². The predicted molar refractivity (Wildman–Crippen MR) is 101 cm³/mol. The number of aliphatic hydroxyl groups excluding tert-OH is 1. The molecule has 0 unspecified atom stereocenters. The molecule has 2 aromatic carbocycles. The van der Waals surface area contributed by atoms with Gasteiger partial charge in [0.15, 0.2) is 0 Å². The van der Waals surface area contributed by atoms with Crippen molar-refractivity contribution < 1.29 is 14.6 Å². The summed E-state index contributed by atoms with van der Waals surface area (Å²) in [5.41, 5.74) is 5.87. The van der Waals surface area contributed by atoms with E-state index in [4.69, 9.17) is 4.74 Å². The van der Waals surface area contributed by atoms with Crippen molar-refractivity contribution in [3.8, 4) is 5.75 Å². The molecule has 0 radical (unpaired) electrons. The van der Waals surface area contributed by atoms with E-state index >= 15 is 0 Å². The third-order valence-corrected chi connectivity index (χ3v) is 4.62. The maximum Gasteiger partial charge on any atom is 0.226 e. The van der Waals surface area contributed by atoms with Crippen LogP contribution in [0.1, 0.15) is 41.2 Å². The number of anilines is 1. The van der Waals surface area contributed by atoms with Crippen molar-refractivity contribution in [3.05, 3.63) is 58.1 Å². The first kappa shape index (κ1) is 19.0. The lowest BCUT2D eigenvalue weighted by molar-refractivity contribution is -0.118. The highest BCUT2D eigenvalue weighted by Crippen LogP contribution is 2.28. The number of nitrogens with zero attached hydrogens (tertiary/aromatic N) is 1. The van der Waals surface area contributed by atoms with E-state index in [1.165, 1.54) is 11.1 Å². The van der Waals surface area contributed by atoms with E-state index in [0.717, 1.165) is 28.1 Å². The molecular weight excluding hydrogens is 314 g/mol. The molecule has 0 aliphatic rings. The Labute approximate surface area is 150 Å². The molecule has 0 aliphatic carbocycles. The zero-order valence-corrected chi connectivity index (χ0v) is 15.7. The minimum absolute atomic E-state index is 0.0266. The van der Waals surface area contributed by atoms with Crippen molar-refractivity contribution >= 4 is 11.6 Å². The smallest absolute Gasteiger partial charge is 0.226 e. The molecule has 0 aromatic heterocycles. The summed E-state index contributed by atoms with van der Waals surface area (Å²) in [7, 11) is 1.76. The summed E-state index contributed by atoms with van der Waals surface area (Å²) in [5, 5.41) is 9.69. The molecular formula is C21H27NO3. The van der Waals surface area contributed by atoms with Crippen LogP contribution in [0, 0.1) is 20.8 Å². The third kappa shape index (κ3) is 4.20. The maximum atomic E-state index is 12.1. The number of aryl methyl sites for hydroxylation is 3. The summed E-state index contributed by atoms with van der Waals surface area (Å²) in [6.45, 7) is 8.21. The van der Waals surface area contributed by atoms with Crippen LogP contribution in [0.15, 0.2) is 30.3 Å². The molecule has 0 bridgehead atoms. The Morgan fingerprint density at radius 3 is 2.44 bits per heavy atom. The van der Waals surface area contributed by atoms with Crippen LogP contribution >= 0.6 is 0 Å². The van der Waals surface area contributed by atoms with E-state index in [2.05, 4.69) is 19.9 Å².